The summed E-state index contributed by atoms with van der Waals surface area (Å²) < 4.78 is 32.6. The van der Waals surface area contributed by atoms with Crippen molar-refractivity contribution in [2.45, 2.75) is 206 Å². The van der Waals surface area contributed by atoms with E-state index in [0.717, 1.165) is 83.5 Å². The van der Waals surface area contributed by atoms with Crippen molar-refractivity contribution in [3.63, 3.8) is 0 Å². The maximum Gasteiger partial charge on any atom is 0.267 e. The zero-order valence-electron chi connectivity index (χ0n) is 36.4. The van der Waals surface area contributed by atoms with Gasteiger partial charge in [-0.15, -0.1) is 0 Å². The van der Waals surface area contributed by atoms with E-state index in [-0.39, 0.29) is 12.3 Å². The minimum Gasteiger partial charge on any atom is -0.387 e. The second kappa shape index (κ2) is 42.9. The lowest BCUT2D eigenvalue weighted by molar-refractivity contribution is -0.122. The predicted molar refractivity (Wildman–Crippen MR) is 248 cm³/mol. The van der Waals surface area contributed by atoms with E-state index in [1.54, 1.807) is 6.08 Å². The summed E-state index contributed by atoms with van der Waals surface area (Å²) in [6.07, 6.45) is 64.0. The molecule has 0 rings (SSSR count). The van der Waals surface area contributed by atoms with Gasteiger partial charge in [-0.05, 0) is 89.9 Å². The Hall–Kier alpha value is -2.74. The third kappa shape index (κ3) is 44.2. The van der Waals surface area contributed by atoms with Crippen LogP contribution in [-0.4, -0.2) is 41.9 Å². The molecule has 6 nitrogen and oxygen atoms in total. The quantitative estimate of drug-likeness (QED) is 0.0325. The Morgan fingerprint density at radius 3 is 1.32 bits per heavy atom. The Labute approximate surface area is 351 Å². The molecule has 0 aromatic rings. The van der Waals surface area contributed by atoms with Crippen molar-refractivity contribution in [1.82, 2.24) is 5.32 Å². The van der Waals surface area contributed by atoms with Crippen LogP contribution in [0.25, 0.3) is 0 Å². The van der Waals surface area contributed by atoms with Gasteiger partial charge in [-0.25, -0.2) is 0 Å². The number of unbranched alkanes of at least 4 members (excludes halogenated alkanes) is 18. The van der Waals surface area contributed by atoms with E-state index in [4.69, 9.17) is 0 Å². The molecule has 326 valence electrons. The largest absolute Gasteiger partial charge is 0.387 e. The highest BCUT2D eigenvalue weighted by atomic mass is 32.2. The van der Waals surface area contributed by atoms with Gasteiger partial charge in [-0.1, -0.05) is 195 Å². The first kappa shape index (κ1) is 54.3. The van der Waals surface area contributed by atoms with E-state index >= 15 is 0 Å². The molecule has 0 aliphatic rings. The number of hydrogen-bond acceptors (Lipinski definition) is 4. The van der Waals surface area contributed by atoms with Crippen molar-refractivity contribution >= 4 is 16.0 Å². The van der Waals surface area contributed by atoms with Crippen LogP contribution in [0.4, 0.5) is 0 Å². The first-order valence-electron chi connectivity index (χ1n) is 22.9. The van der Waals surface area contributed by atoms with Crippen LogP contribution >= 0.6 is 0 Å². The normalized spacial score (nSPS) is 14.1. The second-order valence-corrected chi connectivity index (χ2v) is 16.8. The highest BCUT2D eigenvalue weighted by Gasteiger charge is 2.24. The molecule has 57 heavy (non-hydrogen) atoms. The Morgan fingerprint density at radius 1 is 0.491 bits per heavy atom. The van der Waals surface area contributed by atoms with E-state index in [2.05, 4.69) is 104 Å². The summed E-state index contributed by atoms with van der Waals surface area (Å²) in [5.74, 6) is -1.04. The van der Waals surface area contributed by atoms with Crippen LogP contribution in [0.5, 0.6) is 0 Å². The third-order valence-corrected chi connectivity index (χ3v) is 10.5. The van der Waals surface area contributed by atoms with Crippen LogP contribution in [0.2, 0.25) is 0 Å². The minimum atomic E-state index is -4.38. The molecule has 0 heterocycles. The molecule has 2 unspecified atom stereocenters. The molecule has 0 bridgehead atoms. The molecule has 0 saturated carbocycles. The summed E-state index contributed by atoms with van der Waals surface area (Å²) in [6.45, 7) is 4.42. The standard InChI is InChI=1S/C50H85NO5S/c1-3-5-7-9-11-13-15-17-19-21-23-25-27-29-31-33-35-37-39-41-43-45-49(52)48(47-57(54,55)56)51-50(53)46-44-42-40-38-36-34-32-30-28-26-24-22-20-18-16-14-12-10-8-6-4-2/h6,8,12,14,18,20,24,26-27,29-30,32,35,37,43,45,48-49,52H,3-5,7,9-11,13,15-17,19,21-23,25,28,31,33-34,36,38-42,44,46-47H2,1-2H3,(H,51,53)(H,54,55,56)/b8-6-,14-12-,20-18-,26-24-,29-27+,32-30-,37-35+,45-43+. The van der Waals surface area contributed by atoms with Gasteiger partial charge in [-0.2, -0.15) is 8.42 Å². The van der Waals surface area contributed by atoms with Crippen LogP contribution in [0.15, 0.2) is 97.2 Å². The number of amides is 1. The van der Waals surface area contributed by atoms with Gasteiger partial charge in [-0.3, -0.25) is 9.35 Å². The van der Waals surface area contributed by atoms with Crippen LogP contribution in [0.3, 0.4) is 0 Å². The zero-order chi connectivity index (χ0) is 41.8. The minimum absolute atomic E-state index is 0.256. The highest BCUT2D eigenvalue weighted by Crippen LogP contribution is 2.13. The van der Waals surface area contributed by atoms with Gasteiger partial charge < -0.3 is 10.4 Å². The van der Waals surface area contributed by atoms with Crippen LogP contribution in [0.1, 0.15) is 194 Å². The first-order valence-corrected chi connectivity index (χ1v) is 24.5. The summed E-state index contributed by atoms with van der Waals surface area (Å²) in [6, 6.07) is -1.10. The molecule has 0 fully saturated rings. The van der Waals surface area contributed by atoms with E-state index in [9.17, 15) is 22.9 Å². The summed E-state index contributed by atoms with van der Waals surface area (Å²) in [7, 11) is -4.38. The molecule has 3 N–H and O–H groups in total. The summed E-state index contributed by atoms with van der Waals surface area (Å²) in [5, 5.41) is 13.2. The van der Waals surface area contributed by atoms with Crippen LogP contribution in [-0.2, 0) is 14.9 Å². The Kier molecular flexibility index (Phi) is 40.8. The van der Waals surface area contributed by atoms with Gasteiger partial charge in [0, 0.05) is 6.42 Å². The van der Waals surface area contributed by atoms with Crippen molar-refractivity contribution in [2.24, 2.45) is 0 Å². The number of nitrogens with one attached hydrogen (secondary N) is 1. The smallest absolute Gasteiger partial charge is 0.267 e. The number of hydrogen-bond donors (Lipinski definition) is 3. The monoisotopic (exact) mass is 812 g/mol. The molecule has 0 saturated heterocycles. The van der Waals surface area contributed by atoms with E-state index < -0.39 is 28.0 Å². The lowest BCUT2D eigenvalue weighted by Crippen LogP contribution is -2.46. The number of rotatable bonds is 40. The maximum atomic E-state index is 12.5. The molecule has 7 heteroatoms. The van der Waals surface area contributed by atoms with Crippen molar-refractivity contribution < 1.29 is 22.9 Å². The van der Waals surface area contributed by atoms with Gasteiger partial charge >= 0.3 is 0 Å². The van der Waals surface area contributed by atoms with Crippen molar-refractivity contribution in [3.05, 3.63) is 97.2 Å². The molecule has 2 atom stereocenters. The maximum absolute atomic E-state index is 12.5. The number of aliphatic hydroxyl groups is 1. The molecule has 0 radical (unpaired) electrons. The number of carbonyl (C=O) groups excluding carboxylic acids is 1. The second-order valence-electron chi connectivity index (χ2n) is 15.3. The molecule has 1 amide bonds. The Morgan fingerprint density at radius 2 is 0.860 bits per heavy atom. The first-order chi connectivity index (χ1) is 27.8. The van der Waals surface area contributed by atoms with Gasteiger partial charge in [0.25, 0.3) is 10.1 Å². The van der Waals surface area contributed by atoms with E-state index in [0.29, 0.717) is 12.8 Å². The van der Waals surface area contributed by atoms with Crippen molar-refractivity contribution in [2.75, 3.05) is 5.75 Å². The fourth-order valence-electron chi connectivity index (χ4n) is 6.33. The number of aliphatic hydroxyl groups excluding tert-OH is 1. The summed E-state index contributed by atoms with van der Waals surface area (Å²) in [4.78, 5) is 12.5. The van der Waals surface area contributed by atoms with E-state index in [1.165, 1.54) is 83.1 Å². The predicted octanol–water partition coefficient (Wildman–Crippen LogP) is 14.1. The van der Waals surface area contributed by atoms with Crippen molar-refractivity contribution in [3.8, 4) is 0 Å². The van der Waals surface area contributed by atoms with Gasteiger partial charge in [0.1, 0.15) is 0 Å². The highest BCUT2D eigenvalue weighted by molar-refractivity contribution is 7.85. The average Bonchev–Trinajstić information content (AvgIpc) is 3.18. The van der Waals surface area contributed by atoms with Gasteiger partial charge in [0.05, 0.1) is 17.9 Å². The van der Waals surface area contributed by atoms with Crippen LogP contribution < -0.4 is 5.32 Å². The number of carbonyl (C=O) groups is 1. The molecular formula is C50H85NO5S. The Balaban J connectivity index is 4.02. The molecule has 0 spiro atoms. The third-order valence-electron chi connectivity index (χ3n) is 9.72. The van der Waals surface area contributed by atoms with E-state index in [1.807, 2.05) is 0 Å². The molecule has 0 aliphatic carbocycles. The number of allylic oxidation sites excluding steroid dienone is 15. The van der Waals surface area contributed by atoms with Gasteiger partial charge in [0.2, 0.25) is 5.91 Å². The topological polar surface area (TPSA) is 104 Å². The summed E-state index contributed by atoms with van der Waals surface area (Å²) >= 11 is 0. The van der Waals surface area contributed by atoms with Gasteiger partial charge in [0.15, 0.2) is 0 Å². The fourth-order valence-corrected chi connectivity index (χ4v) is 7.06. The zero-order valence-corrected chi connectivity index (χ0v) is 37.2. The lowest BCUT2D eigenvalue weighted by atomic mass is 10.1. The average molecular weight is 812 g/mol. The molecule has 0 aliphatic heterocycles. The Bertz CT molecular complexity index is 1260. The SMILES string of the molecule is CC/C=C\C/C=C\C/C=C\C/C=C\C/C=C\CCCCCCCC(=O)NC(CS(=O)(=O)O)C(O)/C=C/CC/C=C/CC/C=C/CCCCCCCCCCCCC. The van der Waals surface area contributed by atoms with Crippen LogP contribution in [0, 0.1) is 0 Å². The lowest BCUT2D eigenvalue weighted by Gasteiger charge is -2.21. The molecule has 0 aromatic carbocycles. The summed E-state index contributed by atoms with van der Waals surface area (Å²) in [5.41, 5.74) is 0. The molecular weight excluding hydrogens is 727 g/mol. The van der Waals surface area contributed by atoms with Crippen molar-refractivity contribution in [1.29, 1.82) is 0 Å². The molecule has 0 aromatic heterocycles. The fraction of sp³-hybridized carbons (Fsp3) is 0.660.